The molecule has 2 N–H and O–H groups in total. The Morgan fingerprint density at radius 2 is 2.00 bits per heavy atom. The van der Waals surface area contributed by atoms with E-state index in [4.69, 9.17) is 0 Å². The third-order valence-corrected chi connectivity index (χ3v) is 5.61. The maximum atomic E-state index is 9.73. The van der Waals surface area contributed by atoms with Gasteiger partial charge in [-0.1, -0.05) is 19.8 Å². The summed E-state index contributed by atoms with van der Waals surface area (Å²) in [6.45, 7) is 9.14. The Morgan fingerprint density at radius 1 is 1.30 bits per heavy atom. The van der Waals surface area contributed by atoms with Crippen molar-refractivity contribution in [1.29, 1.82) is 0 Å². The summed E-state index contributed by atoms with van der Waals surface area (Å²) in [5, 5.41) is 13.2. The first-order chi connectivity index (χ1) is 9.54. The topological polar surface area (TPSA) is 35.5 Å². The molecule has 3 unspecified atom stereocenters. The van der Waals surface area contributed by atoms with Gasteiger partial charge in [-0.2, -0.15) is 0 Å². The van der Waals surface area contributed by atoms with Crippen LogP contribution in [0.4, 0.5) is 0 Å². The Morgan fingerprint density at radius 3 is 2.55 bits per heavy atom. The fraction of sp³-hybridized carbons (Fsp3) is 1.00. The molecule has 1 heterocycles. The molecule has 2 aliphatic rings. The zero-order valence-corrected chi connectivity index (χ0v) is 13.7. The zero-order chi connectivity index (χ0) is 14.6. The van der Waals surface area contributed by atoms with Crippen LogP contribution >= 0.6 is 0 Å². The molecule has 1 saturated heterocycles. The lowest BCUT2D eigenvalue weighted by atomic mass is 9.69. The Balaban J connectivity index is 1.89. The van der Waals surface area contributed by atoms with Crippen molar-refractivity contribution in [2.75, 3.05) is 33.2 Å². The number of piperidine rings is 1. The SMILES string of the molecule is CNCC1(CN2CCC(C(C)O)CC2)CCCC(C)C1. The lowest BCUT2D eigenvalue weighted by Gasteiger charge is -2.45. The van der Waals surface area contributed by atoms with Gasteiger partial charge in [0.25, 0.3) is 0 Å². The summed E-state index contributed by atoms with van der Waals surface area (Å²) in [5.74, 6) is 1.41. The van der Waals surface area contributed by atoms with Crippen molar-refractivity contribution in [1.82, 2.24) is 10.2 Å². The van der Waals surface area contributed by atoms with Crippen molar-refractivity contribution in [3.8, 4) is 0 Å². The first-order valence-electron chi connectivity index (χ1n) is 8.60. The molecule has 0 radical (unpaired) electrons. The van der Waals surface area contributed by atoms with Crippen LogP contribution in [0.5, 0.6) is 0 Å². The van der Waals surface area contributed by atoms with Crippen LogP contribution in [-0.4, -0.2) is 49.3 Å². The maximum Gasteiger partial charge on any atom is 0.0541 e. The molecule has 1 saturated carbocycles. The molecular weight excluding hydrogens is 248 g/mol. The van der Waals surface area contributed by atoms with Crippen LogP contribution in [-0.2, 0) is 0 Å². The molecule has 1 aliphatic heterocycles. The van der Waals surface area contributed by atoms with E-state index < -0.39 is 0 Å². The number of rotatable bonds is 5. The number of hydrogen-bond donors (Lipinski definition) is 2. The Hall–Kier alpha value is -0.120. The second-order valence-corrected chi connectivity index (χ2v) is 7.59. The van der Waals surface area contributed by atoms with Crippen LogP contribution in [0.2, 0.25) is 0 Å². The normalized spacial score (nSPS) is 35.1. The Kier molecular flexibility index (Phi) is 5.88. The molecule has 3 atom stereocenters. The molecule has 0 amide bonds. The van der Waals surface area contributed by atoms with Crippen molar-refractivity contribution in [2.45, 2.75) is 58.5 Å². The first kappa shape index (κ1) is 16.3. The summed E-state index contributed by atoms with van der Waals surface area (Å²) in [6.07, 6.45) is 7.78. The van der Waals surface area contributed by atoms with E-state index in [1.165, 1.54) is 58.2 Å². The molecule has 2 rings (SSSR count). The molecule has 0 spiro atoms. The summed E-state index contributed by atoms with van der Waals surface area (Å²) in [5.41, 5.74) is 0.490. The van der Waals surface area contributed by atoms with Crippen LogP contribution in [0.15, 0.2) is 0 Å². The van der Waals surface area contributed by atoms with Crippen molar-refractivity contribution in [2.24, 2.45) is 17.3 Å². The standard InChI is InChI=1S/C17H34N2O/c1-14-5-4-8-17(11-14,12-18-3)13-19-9-6-16(7-10-19)15(2)20/h14-16,18,20H,4-13H2,1-3H3. The summed E-state index contributed by atoms with van der Waals surface area (Å²) >= 11 is 0. The van der Waals surface area contributed by atoms with E-state index >= 15 is 0 Å². The summed E-state index contributed by atoms with van der Waals surface area (Å²) in [6, 6.07) is 0. The van der Waals surface area contributed by atoms with Gasteiger partial charge < -0.3 is 15.3 Å². The summed E-state index contributed by atoms with van der Waals surface area (Å²) in [4.78, 5) is 2.66. The number of likely N-dealkylation sites (tertiary alicyclic amines) is 1. The number of aliphatic hydroxyl groups is 1. The van der Waals surface area contributed by atoms with Gasteiger partial charge >= 0.3 is 0 Å². The molecular formula is C17H34N2O. The summed E-state index contributed by atoms with van der Waals surface area (Å²) in [7, 11) is 2.10. The quantitative estimate of drug-likeness (QED) is 0.813. The molecule has 3 heteroatoms. The van der Waals surface area contributed by atoms with E-state index in [9.17, 15) is 5.11 Å². The Labute approximate surface area is 125 Å². The molecule has 118 valence electrons. The molecule has 20 heavy (non-hydrogen) atoms. The van der Waals surface area contributed by atoms with Crippen LogP contribution in [0, 0.1) is 17.3 Å². The van der Waals surface area contributed by atoms with Gasteiger partial charge in [-0.3, -0.25) is 0 Å². The predicted molar refractivity (Wildman–Crippen MR) is 84.8 cm³/mol. The molecule has 2 fully saturated rings. The van der Waals surface area contributed by atoms with Crippen molar-refractivity contribution in [3.05, 3.63) is 0 Å². The molecule has 3 nitrogen and oxygen atoms in total. The van der Waals surface area contributed by atoms with E-state index in [1.807, 2.05) is 6.92 Å². The number of nitrogens with zero attached hydrogens (tertiary/aromatic N) is 1. The predicted octanol–water partition coefficient (Wildman–Crippen LogP) is 2.50. The van der Waals surface area contributed by atoms with Crippen LogP contribution in [0.25, 0.3) is 0 Å². The van der Waals surface area contributed by atoms with Crippen molar-refractivity contribution >= 4 is 0 Å². The van der Waals surface area contributed by atoms with E-state index in [1.54, 1.807) is 0 Å². The zero-order valence-electron chi connectivity index (χ0n) is 13.7. The van der Waals surface area contributed by atoms with E-state index in [0.717, 1.165) is 12.5 Å². The van der Waals surface area contributed by atoms with E-state index in [2.05, 4.69) is 24.2 Å². The average molecular weight is 282 g/mol. The minimum Gasteiger partial charge on any atom is -0.393 e. The van der Waals surface area contributed by atoms with Crippen molar-refractivity contribution < 1.29 is 5.11 Å². The Bertz CT molecular complexity index is 283. The van der Waals surface area contributed by atoms with Gasteiger partial charge in [0.2, 0.25) is 0 Å². The lowest BCUT2D eigenvalue weighted by molar-refractivity contribution is 0.0345. The number of hydrogen-bond acceptors (Lipinski definition) is 3. The first-order valence-corrected chi connectivity index (χ1v) is 8.60. The third kappa shape index (κ3) is 4.19. The lowest BCUT2D eigenvalue weighted by Crippen LogP contribution is -2.48. The minimum absolute atomic E-state index is 0.127. The monoisotopic (exact) mass is 282 g/mol. The van der Waals surface area contributed by atoms with Gasteiger partial charge in [0.15, 0.2) is 0 Å². The fourth-order valence-electron chi connectivity index (χ4n) is 4.57. The van der Waals surface area contributed by atoms with Crippen LogP contribution in [0.3, 0.4) is 0 Å². The largest absolute Gasteiger partial charge is 0.393 e. The van der Waals surface area contributed by atoms with E-state index in [0.29, 0.717) is 11.3 Å². The van der Waals surface area contributed by atoms with E-state index in [-0.39, 0.29) is 6.10 Å². The molecule has 0 bridgehead atoms. The number of aliphatic hydroxyl groups excluding tert-OH is 1. The van der Waals surface area contributed by atoms with Gasteiger partial charge in [-0.15, -0.1) is 0 Å². The smallest absolute Gasteiger partial charge is 0.0541 e. The molecule has 0 aromatic rings. The van der Waals surface area contributed by atoms with Gasteiger partial charge in [-0.05, 0) is 70.0 Å². The average Bonchev–Trinajstić information content (AvgIpc) is 2.39. The third-order valence-electron chi connectivity index (χ3n) is 5.61. The maximum absolute atomic E-state index is 9.73. The van der Waals surface area contributed by atoms with Gasteiger partial charge in [0.05, 0.1) is 6.10 Å². The highest BCUT2D eigenvalue weighted by molar-refractivity contribution is 4.90. The van der Waals surface area contributed by atoms with Gasteiger partial charge in [-0.25, -0.2) is 0 Å². The van der Waals surface area contributed by atoms with Gasteiger partial charge in [0.1, 0.15) is 0 Å². The van der Waals surface area contributed by atoms with Crippen LogP contribution < -0.4 is 5.32 Å². The van der Waals surface area contributed by atoms with Gasteiger partial charge in [0, 0.05) is 13.1 Å². The second kappa shape index (κ2) is 7.24. The molecule has 1 aliphatic carbocycles. The fourth-order valence-corrected chi connectivity index (χ4v) is 4.57. The highest BCUT2D eigenvalue weighted by atomic mass is 16.3. The van der Waals surface area contributed by atoms with Crippen molar-refractivity contribution in [3.63, 3.8) is 0 Å². The van der Waals surface area contributed by atoms with Crippen LogP contribution in [0.1, 0.15) is 52.4 Å². The molecule has 0 aromatic carbocycles. The minimum atomic E-state index is -0.127. The highest BCUT2D eigenvalue weighted by Gasteiger charge is 2.37. The number of nitrogens with one attached hydrogen (secondary N) is 1. The second-order valence-electron chi connectivity index (χ2n) is 7.59. The highest BCUT2D eigenvalue weighted by Crippen LogP contribution is 2.40. The summed E-state index contributed by atoms with van der Waals surface area (Å²) < 4.78 is 0. The molecule has 0 aromatic heterocycles.